The summed E-state index contributed by atoms with van der Waals surface area (Å²) in [5, 5.41) is 9.45. The lowest BCUT2D eigenvalue weighted by atomic mass is 10.2. The Balaban J connectivity index is 1.46. The Morgan fingerprint density at radius 2 is 1.84 bits per heavy atom. The first-order valence-corrected chi connectivity index (χ1v) is 9.03. The van der Waals surface area contributed by atoms with E-state index in [1.54, 1.807) is 6.92 Å². The number of β-amino-alcohol motifs (C(OH)–C–C–N with tert-alkyl or cyclic N) is 1. The zero-order chi connectivity index (χ0) is 17.6. The van der Waals surface area contributed by atoms with Crippen LogP contribution in [0, 0.1) is 0 Å². The van der Waals surface area contributed by atoms with Crippen LogP contribution >= 0.6 is 0 Å². The maximum absolute atomic E-state index is 12.4. The second-order valence-corrected chi connectivity index (χ2v) is 6.79. The number of benzene rings is 1. The highest BCUT2D eigenvalue weighted by Gasteiger charge is 2.21. The molecule has 0 saturated carbocycles. The molecule has 1 amide bonds. The van der Waals surface area contributed by atoms with Gasteiger partial charge in [0, 0.05) is 50.5 Å². The summed E-state index contributed by atoms with van der Waals surface area (Å²) in [6.07, 6.45) is 0.957. The van der Waals surface area contributed by atoms with Crippen LogP contribution in [-0.4, -0.2) is 64.6 Å². The summed E-state index contributed by atoms with van der Waals surface area (Å²) in [5.41, 5.74) is 3.35. The Bertz CT molecular complexity index is 673. The van der Waals surface area contributed by atoms with E-state index in [1.807, 2.05) is 23.1 Å². The number of hydrogen-bond acceptors (Lipinski definition) is 3. The van der Waals surface area contributed by atoms with Gasteiger partial charge in [-0.2, -0.15) is 0 Å². The minimum Gasteiger partial charge on any atom is -0.392 e. The molecule has 0 unspecified atom stereocenters. The third kappa shape index (κ3) is 4.94. The van der Waals surface area contributed by atoms with Crippen LogP contribution in [-0.2, 0) is 11.2 Å². The Hall–Kier alpha value is -2.11. The summed E-state index contributed by atoms with van der Waals surface area (Å²) in [6.45, 7) is 5.69. The number of aryl methyl sites for hydroxylation is 1. The van der Waals surface area contributed by atoms with E-state index < -0.39 is 0 Å². The molecule has 134 valence electrons. The monoisotopic (exact) mass is 341 g/mol. The topological polar surface area (TPSA) is 59.6 Å². The van der Waals surface area contributed by atoms with Crippen molar-refractivity contribution >= 4 is 5.91 Å². The molecule has 0 radical (unpaired) electrons. The van der Waals surface area contributed by atoms with E-state index in [2.05, 4.69) is 34.1 Å². The van der Waals surface area contributed by atoms with Gasteiger partial charge in [0.15, 0.2) is 0 Å². The number of hydrogen-bond donors (Lipinski definition) is 2. The van der Waals surface area contributed by atoms with Crippen molar-refractivity contribution in [1.82, 2.24) is 14.8 Å². The number of carbonyl (C=O) groups excluding carboxylic acids is 1. The average molecular weight is 341 g/mol. The van der Waals surface area contributed by atoms with Crippen LogP contribution < -0.4 is 0 Å². The lowest BCUT2D eigenvalue weighted by Crippen LogP contribution is -2.50. The van der Waals surface area contributed by atoms with Crippen molar-refractivity contribution in [2.45, 2.75) is 25.9 Å². The van der Waals surface area contributed by atoms with Crippen LogP contribution in [0.15, 0.2) is 42.5 Å². The van der Waals surface area contributed by atoms with Gasteiger partial charge < -0.3 is 15.0 Å². The highest BCUT2D eigenvalue weighted by atomic mass is 16.3. The molecule has 1 aromatic carbocycles. The van der Waals surface area contributed by atoms with Gasteiger partial charge in [-0.05, 0) is 31.0 Å². The van der Waals surface area contributed by atoms with Crippen LogP contribution in [0.2, 0.25) is 0 Å². The Labute approximate surface area is 149 Å². The SMILES string of the molecule is C[C@H](O)CN1CCN(C(=O)CCc2ccc(-c3ccccc3)[nH]2)CC1. The van der Waals surface area contributed by atoms with Gasteiger partial charge in [0.1, 0.15) is 0 Å². The molecular weight excluding hydrogens is 314 g/mol. The number of aliphatic hydroxyl groups is 1. The molecule has 0 spiro atoms. The normalized spacial score (nSPS) is 16.8. The van der Waals surface area contributed by atoms with Crippen LogP contribution in [0.5, 0.6) is 0 Å². The zero-order valence-electron chi connectivity index (χ0n) is 14.8. The molecule has 5 heteroatoms. The minimum atomic E-state index is -0.311. The van der Waals surface area contributed by atoms with Gasteiger partial charge in [-0.25, -0.2) is 0 Å². The molecule has 25 heavy (non-hydrogen) atoms. The first kappa shape index (κ1) is 17.7. The zero-order valence-corrected chi connectivity index (χ0v) is 14.8. The molecule has 2 aromatic rings. The number of amides is 1. The van der Waals surface area contributed by atoms with Gasteiger partial charge in [-0.1, -0.05) is 30.3 Å². The second-order valence-electron chi connectivity index (χ2n) is 6.79. The van der Waals surface area contributed by atoms with Crippen molar-refractivity contribution in [3.63, 3.8) is 0 Å². The predicted molar refractivity (Wildman–Crippen MR) is 99.3 cm³/mol. The fraction of sp³-hybridized carbons (Fsp3) is 0.450. The Kier molecular flexibility index (Phi) is 5.89. The van der Waals surface area contributed by atoms with Gasteiger partial charge >= 0.3 is 0 Å². The highest BCUT2D eigenvalue weighted by molar-refractivity contribution is 5.76. The molecule has 5 nitrogen and oxygen atoms in total. The molecule has 2 heterocycles. The smallest absolute Gasteiger partial charge is 0.223 e. The number of piperazine rings is 1. The summed E-state index contributed by atoms with van der Waals surface area (Å²) in [6, 6.07) is 14.3. The van der Waals surface area contributed by atoms with Crippen molar-refractivity contribution < 1.29 is 9.90 Å². The fourth-order valence-corrected chi connectivity index (χ4v) is 3.33. The number of aliphatic hydroxyl groups excluding tert-OH is 1. The maximum Gasteiger partial charge on any atom is 0.223 e. The Morgan fingerprint density at radius 3 is 2.52 bits per heavy atom. The largest absolute Gasteiger partial charge is 0.392 e. The fourth-order valence-electron chi connectivity index (χ4n) is 3.33. The van der Waals surface area contributed by atoms with E-state index in [-0.39, 0.29) is 12.0 Å². The van der Waals surface area contributed by atoms with Gasteiger partial charge in [0.2, 0.25) is 5.91 Å². The number of rotatable bonds is 6. The lowest BCUT2D eigenvalue weighted by Gasteiger charge is -2.35. The van der Waals surface area contributed by atoms with E-state index in [1.165, 1.54) is 0 Å². The van der Waals surface area contributed by atoms with Crippen molar-refractivity contribution in [2.75, 3.05) is 32.7 Å². The van der Waals surface area contributed by atoms with Gasteiger partial charge in [-0.3, -0.25) is 9.69 Å². The third-order valence-electron chi connectivity index (χ3n) is 4.69. The van der Waals surface area contributed by atoms with E-state index >= 15 is 0 Å². The first-order chi connectivity index (χ1) is 12.1. The summed E-state index contributed by atoms with van der Waals surface area (Å²) in [5.74, 6) is 0.215. The van der Waals surface area contributed by atoms with E-state index in [0.29, 0.717) is 13.0 Å². The van der Waals surface area contributed by atoms with Crippen molar-refractivity contribution in [2.24, 2.45) is 0 Å². The highest BCUT2D eigenvalue weighted by Crippen LogP contribution is 2.18. The Morgan fingerprint density at radius 1 is 1.12 bits per heavy atom. The van der Waals surface area contributed by atoms with E-state index in [0.717, 1.165) is 49.6 Å². The molecule has 1 atom stereocenters. The lowest BCUT2D eigenvalue weighted by molar-refractivity contribution is -0.133. The molecule has 0 bridgehead atoms. The number of nitrogens with one attached hydrogen (secondary N) is 1. The van der Waals surface area contributed by atoms with Gasteiger partial charge in [0.05, 0.1) is 6.10 Å². The molecule has 1 saturated heterocycles. The van der Waals surface area contributed by atoms with Crippen molar-refractivity contribution in [3.05, 3.63) is 48.2 Å². The molecule has 0 aliphatic carbocycles. The van der Waals surface area contributed by atoms with Crippen LogP contribution in [0.25, 0.3) is 11.3 Å². The minimum absolute atomic E-state index is 0.215. The van der Waals surface area contributed by atoms with Crippen LogP contribution in [0.1, 0.15) is 19.0 Å². The molecular formula is C20H27N3O2. The molecule has 1 aromatic heterocycles. The average Bonchev–Trinajstić information content (AvgIpc) is 3.10. The second kappa shape index (κ2) is 8.32. The van der Waals surface area contributed by atoms with Crippen LogP contribution in [0.3, 0.4) is 0 Å². The maximum atomic E-state index is 12.4. The standard InChI is InChI=1S/C20H27N3O2/c1-16(24)15-22-11-13-23(14-12-22)20(25)10-8-18-7-9-19(21-18)17-5-3-2-4-6-17/h2-7,9,16,21,24H,8,10-15H2,1H3/t16-/m0/s1. The molecule has 1 aliphatic rings. The van der Waals surface area contributed by atoms with Crippen molar-refractivity contribution in [1.29, 1.82) is 0 Å². The number of aromatic amines is 1. The van der Waals surface area contributed by atoms with Crippen molar-refractivity contribution in [3.8, 4) is 11.3 Å². The third-order valence-corrected chi connectivity index (χ3v) is 4.69. The van der Waals surface area contributed by atoms with Crippen LogP contribution in [0.4, 0.5) is 0 Å². The van der Waals surface area contributed by atoms with E-state index in [9.17, 15) is 9.90 Å². The molecule has 1 fully saturated rings. The number of carbonyl (C=O) groups is 1. The first-order valence-electron chi connectivity index (χ1n) is 9.03. The van der Waals surface area contributed by atoms with E-state index in [4.69, 9.17) is 0 Å². The summed E-state index contributed by atoms with van der Waals surface area (Å²) in [7, 11) is 0. The molecule has 2 N–H and O–H groups in total. The van der Waals surface area contributed by atoms with Gasteiger partial charge in [0.25, 0.3) is 0 Å². The number of aromatic nitrogens is 1. The summed E-state index contributed by atoms with van der Waals surface area (Å²) in [4.78, 5) is 20.0. The molecule has 3 rings (SSSR count). The predicted octanol–water partition coefficient (Wildman–Crippen LogP) is 2.14. The van der Waals surface area contributed by atoms with Gasteiger partial charge in [-0.15, -0.1) is 0 Å². The summed E-state index contributed by atoms with van der Waals surface area (Å²) >= 11 is 0. The summed E-state index contributed by atoms with van der Waals surface area (Å²) < 4.78 is 0. The molecule has 1 aliphatic heterocycles. The number of nitrogens with zero attached hydrogens (tertiary/aromatic N) is 2. The quantitative estimate of drug-likeness (QED) is 0.846. The number of H-pyrrole nitrogens is 1.